The Kier molecular flexibility index (Phi) is 4.06. The van der Waals surface area contributed by atoms with E-state index in [0.717, 1.165) is 6.16 Å². The largest absolute Gasteiger partial charge is 0.394 e. The van der Waals surface area contributed by atoms with E-state index in [1.165, 1.54) is 18.2 Å². The van der Waals surface area contributed by atoms with Crippen LogP contribution in [0.15, 0.2) is 11.6 Å². The number of hydrogen-bond donors (Lipinski definition) is 1. The Labute approximate surface area is 69.1 Å². The fourth-order valence-electron chi connectivity index (χ4n) is 1.04. The van der Waals surface area contributed by atoms with Crippen molar-refractivity contribution in [1.29, 1.82) is 0 Å². The SMILES string of the molecule is CC1=CCP(OCCO)CC1. The summed E-state index contributed by atoms with van der Waals surface area (Å²) in [6.07, 6.45) is 5.70. The lowest BCUT2D eigenvalue weighted by atomic mass is 10.2. The van der Waals surface area contributed by atoms with Crippen LogP contribution in [0.1, 0.15) is 13.3 Å². The molecule has 2 nitrogen and oxygen atoms in total. The van der Waals surface area contributed by atoms with Gasteiger partial charge in [0.2, 0.25) is 0 Å². The summed E-state index contributed by atoms with van der Waals surface area (Å²) in [6.45, 7) is 2.83. The molecule has 1 aliphatic heterocycles. The van der Waals surface area contributed by atoms with Crippen molar-refractivity contribution in [3.63, 3.8) is 0 Å². The number of aliphatic hydroxyl groups is 1. The molecule has 0 aromatic heterocycles. The van der Waals surface area contributed by atoms with Gasteiger partial charge in [-0.15, -0.1) is 0 Å². The molecule has 0 radical (unpaired) electrons. The third-order valence-corrected chi connectivity index (χ3v) is 3.62. The summed E-state index contributed by atoms with van der Waals surface area (Å²) in [5.41, 5.74) is 1.48. The highest BCUT2D eigenvalue weighted by molar-refractivity contribution is 7.52. The van der Waals surface area contributed by atoms with E-state index < -0.39 is 0 Å². The number of rotatable bonds is 3. The Morgan fingerprint density at radius 1 is 1.73 bits per heavy atom. The van der Waals surface area contributed by atoms with E-state index in [9.17, 15) is 0 Å². The molecule has 1 aliphatic rings. The molecule has 0 fully saturated rings. The molecule has 11 heavy (non-hydrogen) atoms. The molecule has 1 heterocycles. The maximum Gasteiger partial charge on any atom is 0.0740 e. The van der Waals surface area contributed by atoms with E-state index in [1.807, 2.05) is 0 Å². The minimum Gasteiger partial charge on any atom is -0.394 e. The van der Waals surface area contributed by atoms with Crippen molar-refractivity contribution in [2.75, 3.05) is 25.5 Å². The van der Waals surface area contributed by atoms with Crippen LogP contribution >= 0.6 is 8.15 Å². The minimum atomic E-state index is -0.241. The highest BCUT2D eigenvalue weighted by atomic mass is 31.1. The first-order chi connectivity index (χ1) is 5.33. The average Bonchev–Trinajstić information content (AvgIpc) is 2.04. The molecule has 3 heteroatoms. The third kappa shape index (κ3) is 3.33. The first-order valence-corrected chi connectivity index (χ1v) is 5.60. The van der Waals surface area contributed by atoms with Crippen molar-refractivity contribution in [3.05, 3.63) is 11.6 Å². The van der Waals surface area contributed by atoms with E-state index in [0.29, 0.717) is 6.61 Å². The summed E-state index contributed by atoms with van der Waals surface area (Å²) in [5, 5.41) is 8.52. The molecule has 0 spiro atoms. The van der Waals surface area contributed by atoms with Crippen LogP contribution in [-0.4, -0.2) is 30.6 Å². The van der Waals surface area contributed by atoms with Crippen LogP contribution in [0.3, 0.4) is 0 Å². The van der Waals surface area contributed by atoms with Gasteiger partial charge in [0.15, 0.2) is 0 Å². The second kappa shape index (κ2) is 4.87. The predicted octanol–water partition coefficient (Wildman–Crippen LogP) is 1.74. The highest BCUT2D eigenvalue weighted by Crippen LogP contribution is 2.41. The summed E-state index contributed by atoms with van der Waals surface area (Å²) < 4.78 is 5.45. The van der Waals surface area contributed by atoms with Crippen LogP contribution in [0.25, 0.3) is 0 Å². The Bertz CT molecular complexity index is 145. The van der Waals surface area contributed by atoms with Crippen molar-refractivity contribution in [1.82, 2.24) is 0 Å². The van der Waals surface area contributed by atoms with Gasteiger partial charge in [-0.1, -0.05) is 11.6 Å². The predicted molar refractivity (Wildman–Crippen MR) is 48.1 cm³/mol. The van der Waals surface area contributed by atoms with Gasteiger partial charge in [-0.05, 0) is 19.5 Å². The van der Waals surface area contributed by atoms with Gasteiger partial charge in [-0.2, -0.15) is 0 Å². The zero-order valence-corrected chi connectivity index (χ0v) is 7.81. The van der Waals surface area contributed by atoms with Crippen LogP contribution in [0.2, 0.25) is 0 Å². The van der Waals surface area contributed by atoms with Crippen molar-refractivity contribution in [2.45, 2.75) is 13.3 Å². The lowest BCUT2D eigenvalue weighted by Crippen LogP contribution is -2.03. The molecule has 0 aliphatic carbocycles. The second-order valence-corrected chi connectivity index (χ2v) is 4.78. The van der Waals surface area contributed by atoms with E-state index in [2.05, 4.69) is 13.0 Å². The molecule has 0 aromatic carbocycles. The van der Waals surface area contributed by atoms with Crippen molar-refractivity contribution < 1.29 is 9.63 Å². The monoisotopic (exact) mass is 174 g/mol. The standard InChI is InChI=1S/C8H15O2P/c1-8-2-6-11(7-3-8)10-5-4-9/h2,9H,3-7H2,1H3. The van der Waals surface area contributed by atoms with Crippen LogP contribution < -0.4 is 0 Å². The summed E-state index contributed by atoms with van der Waals surface area (Å²) in [4.78, 5) is 0. The first-order valence-electron chi connectivity index (χ1n) is 3.97. The quantitative estimate of drug-likeness (QED) is 0.521. The lowest BCUT2D eigenvalue weighted by molar-refractivity contribution is 0.213. The fourth-order valence-corrected chi connectivity index (χ4v) is 2.91. The number of allylic oxidation sites excluding steroid dienone is 2. The van der Waals surface area contributed by atoms with Crippen LogP contribution in [0.4, 0.5) is 0 Å². The maximum atomic E-state index is 8.52. The Morgan fingerprint density at radius 3 is 3.09 bits per heavy atom. The molecule has 1 N–H and O–H groups in total. The van der Waals surface area contributed by atoms with Gasteiger partial charge in [0.25, 0.3) is 0 Å². The van der Waals surface area contributed by atoms with Crippen molar-refractivity contribution >= 4 is 8.15 Å². The minimum absolute atomic E-state index is 0.154. The van der Waals surface area contributed by atoms with E-state index in [1.54, 1.807) is 0 Å². The first kappa shape index (κ1) is 9.18. The maximum absolute atomic E-state index is 8.52. The van der Waals surface area contributed by atoms with Crippen LogP contribution in [0.5, 0.6) is 0 Å². The second-order valence-electron chi connectivity index (χ2n) is 2.75. The molecule has 0 amide bonds. The molecule has 64 valence electrons. The van der Waals surface area contributed by atoms with Gasteiger partial charge in [-0.25, -0.2) is 0 Å². The molecule has 1 atom stereocenters. The van der Waals surface area contributed by atoms with Gasteiger partial charge < -0.3 is 9.63 Å². The van der Waals surface area contributed by atoms with E-state index in [-0.39, 0.29) is 14.8 Å². The molecular formula is C8H15O2P. The highest BCUT2D eigenvalue weighted by Gasteiger charge is 2.11. The normalized spacial score (nSPS) is 24.9. The molecule has 1 rings (SSSR count). The Morgan fingerprint density at radius 2 is 2.55 bits per heavy atom. The number of aliphatic hydroxyl groups excluding tert-OH is 1. The molecular weight excluding hydrogens is 159 g/mol. The van der Waals surface area contributed by atoms with Crippen molar-refractivity contribution in [3.8, 4) is 0 Å². The molecule has 1 unspecified atom stereocenters. The zero-order chi connectivity index (χ0) is 8.10. The molecule has 0 saturated heterocycles. The van der Waals surface area contributed by atoms with Crippen LogP contribution in [-0.2, 0) is 4.52 Å². The summed E-state index contributed by atoms with van der Waals surface area (Å²) in [7, 11) is -0.241. The molecule has 0 aromatic rings. The molecule has 0 bridgehead atoms. The van der Waals surface area contributed by atoms with Gasteiger partial charge in [0.05, 0.1) is 13.2 Å². The summed E-state index contributed by atoms with van der Waals surface area (Å²) >= 11 is 0. The van der Waals surface area contributed by atoms with E-state index in [4.69, 9.17) is 9.63 Å². The smallest absolute Gasteiger partial charge is 0.0740 e. The van der Waals surface area contributed by atoms with Gasteiger partial charge in [0, 0.05) is 14.3 Å². The van der Waals surface area contributed by atoms with Gasteiger partial charge in [-0.3, -0.25) is 0 Å². The summed E-state index contributed by atoms with van der Waals surface area (Å²) in [5.74, 6) is 0. The molecule has 0 saturated carbocycles. The van der Waals surface area contributed by atoms with Crippen molar-refractivity contribution in [2.24, 2.45) is 0 Å². The third-order valence-electron chi connectivity index (χ3n) is 1.76. The average molecular weight is 174 g/mol. The Balaban J connectivity index is 2.18. The summed E-state index contributed by atoms with van der Waals surface area (Å²) in [6, 6.07) is 0. The van der Waals surface area contributed by atoms with Gasteiger partial charge >= 0.3 is 0 Å². The number of hydrogen-bond acceptors (Lipinski definition) is 2. The Hall–Kier alpha value is 0.0900. The van der Waals surface area contributed by atoms with Gasteiger partial charge in [0.1, 0.15) is 0 Å². The fraction of sp³-hybridized carbons (Fsp3) is 0.750. The van der Waals surface area contributed by atoms with E-state index >= 15 is 0 Å². The topological polar surface area (TPSA) is 29.5 Å². The van der Waals surface area contributed by atoms with Crippen LogP contribution in [0, 0.1) is 0 Å². The lowest BCUT2D eigenvalue weighted by Gasteiger charge is -2.20. The zero-order valence-electron chi connectivity index (χ0n) is 6.92.